The van der Waals surface area contributed by atoms with Crippen LogP contribution in [0.15, 0.2) is 16.7 Å². The molecular weight excluding hydrogens is 278 g/mol. The van der Waals surface area contributed by atoms with Gasteiger partial charge in [-0.05, 0) is 38.3 Å². The molecule has 1 aromatic rings. The molecular formula is C9H10BrN3O3. The quantitative estimate of drug-likeness (QED) is 0.677. The van der Waals surface area contributed by atoms with Crippen LogP contribution in [0.2, 0.25) is 0 Å². The number of nitro groups is 1. The van der Waals surface area contributed by atoms with E-state index in [1.807, 2.05) is 0 Å². The molecule has 0 bridgehead atoms. The number of rotatable bonds is 4. The normalized spacial score (nSPS) is 18.9. The first-order valence-corrected chi connectivity index (χ1v) is 5.61. The topological polar surface area (TPSA) is 77.3 Å². The average Bonchev–Trinajstić information content (AvgIpc) is 2.14. The summed E-state index contributed by atoms with van der Waals surface area (Å²) >= 11 is 3.23. The van der Waals surface area contributed by atoms with E-state index < -0.39 is 4.92 Å². The van der Waals surface area contributed by atoms with Crippen molar-refractivity contribution in [2.24, 2.45) is 0 Å². The van der Waals surface area contributed by atoms with Gasteiger partial charge in [0.2, 0.25) is 0 Å². The highest BCUT2D eigenvalue weighted by Crippen LogP contribution is 2.25. The fourth-order valence-corrected chi connectivity index (χ4v) is 1.71. The standard InChI is InChI=1S/C9H10BrN3O3/c10-6-3-8(9(12-4-6)13(14)15)11-5-7-1-2-16-7/h3-4,7,11H,1-2,5H2. The van der Waals surface area contributed by atoms with Crippen molar-refractivity contribution in [3.05, 3.63) is 26.9 Å². The molecule has 0 saturated carbocycles. The summed E-state index contributed by atoms with van der Waals surface area (Å²) in [4.78, 5) is 14.0. The third-order valence-corrected chi connectivity index (χ3v) is 2.75. The molecule has 2 heterocycles. The summed E-state index contributed by atoms with van der Waals surface area (Å²) in [5, 5.41) is 13.7. The maximum absolute atomic E-state index is 10.7. The lowest BCUT2D eigenvalue weighted by Gasteiger charge is -2.26. The maximum Gasteiger partial charge on any atom is 0.386 e. The van der Waals surface area contributed by atoms with E-state index in [1.54, 1.807) is 6.07 Å². The Morgan fingerprint density at radius 1 is 1.75 bits per heavy atom. The predicted molar refractivity (Wildman–Crippen MR) is 61.4 cm³/mol. The van der Waals surface area contributed by atoms with E-state index in [-0.39, 0.29) is 11.9 Å². The van der Waals surface area contributed by atoms with Crippen LogP contribution < -0.4 is 5.32 Å². The Kier molecular flexibility index (Phi) is 3.35. The molecule has 1 aromatic heterocycles. The van der Waals surface area contributed by atoms with Crippen LogP contribution in [0.5, 0.6) is 0 Å². The number of ether oxygens (including phenoxy) is 1. The van der Waals surface area contributed by atoms with E-state index in [4.69, 9.17) is 4.74 Å². The van der Waals surface area contributed by atoms with E-state index >= 15 is 0 Å². The summed E-state index contributed by atoms with van der Waals surface area (Å²) in [6, 6.07) is 1.64. The van der Waals surface area contributed by atoms with Crippen LogP contribution in [0.1, 0.15) is 6.42 Å². The number of nitrogens with zero attached hydrogens (tertiary/aromatic N) is 2. The van der Waals surface area contributed by atoms with Gasteiger partial charge in [0, 0.05) is 13.2 Å². The zero-order valence-corrected chi connectivity index (χ0v) is 9.94. The summed E-state index contributed by atoms with van der Waals surface area (Å²) < 4.78 is 5.92. The first-order chi connectivity index (χ1) is 7.66. The minimum atomic E-state index is -0.504. The SMILES string of the molecule is O=[N+]([O-])c1ncc(Br)cc1NCC1CCO1. The van der Waals surface area contributed by atoms with Gasteiger partial charge in [-0.15, -0.1) is 0 Å². The molecule has 1 fully saturated rings. The van der Waals surface area contributed by atoms with Crippen LogP contribution in [-0.4, -0.2) is 29.2 Å². The third kappa shape index (κ3) is 2.48. The van der Waals surface area contributed by atoms with Gasteiger partial charge in [-0.3, -0.25) is 0 Å². The molecule has 0 amide bonds. The second-order valence-electron chi connectivity index (χ2n) is 3.44. The Bertz CT molecular complexity index is 409. The van der Waals surface area contributed by atoms with Crippen LogP contribution >= 0.6 is 15.9 Å². The van der Waals surface area contributed by atoms with Crippen LogP contribution in [0.4, 0.5) is 11.5 Å². The molecule has 0 aliphatic carbocycles. The predicted octanol–water partition coefficient (Wildman–Crippen LogP) is 1.95. The summed E-state index contributed by atoms with van der Waals surface area (Å²) in [6.45, 7) is 1.34. The summed E-state index contributed by atoms with van der Waals surface area (Å²) in [5.41, 5.74) is 0.412. The second kappa shape index (κ2) is 4.75. The van der Waals surface area contributed by atoms with Gasteiger partial charge in [0.1, 0.15) is 5.69 Å². The first kappa shape index (κ1) is 11.3. The lowest BCUT2D eigenvalue weighted by molar-refractivity contribution is -0.388. The fourth-order valence-electron chi connectivity index (χ4n) is 1.38. The highest BCUT2D eigenvalue weighted by molar-refractivity contribution is 9.10. The van der Waals surface area contributed by atoms with Crippen molar-refractivity contribution >= 4 is 27.4 Å². The van der Waals surface area contributed by atoms with Gasteiger partial charge >= 0.3 is 5.82 Å². The molecule has 0 radical (unpaired) electrons. The minimum absolute atomic E-state index is 0.151. The summed E-state index contributed by atoms with van der Waals surface area (Å²) in [7, 11) is 0. The van der Waals surface area contributed by atoms with Gasteiger partial charge in [0.15, 0.2) is 6.20 Å². The number of pyridine rings is 1. The Morgan fingerprint density at radius 2 is 2.50 bits per heavy atom. The molecule has 86 valence electrons. The van der Waals surface area contributed by atoms with Crippen molar-refractivity contribution in [3.63, 3.8) is 0 Å². The lowest BCUT2D eigenvalue weighted by Crippen LogP contribution is -2.33. The smallest absolute Gasteiger partial charge is 0.376 e. The number of anilines is 1. The third-order valence-electron chi connectivity index (χ3n) is 2.32. The second-order valence-corrected chi connectivity index (χ2v) is 4.36. The van der Waals surface area contributed by atoms with E-state index in [1.165, 1.54) is 6.20 Å². The Balaban J connectivity index is 2.09. The monoisotopic (exact) mass is 287 g/mol. The van der Waals surface area contributed by atoms with Gasteiger partial charge < -0.3 is 20.2 Å². The molecule has 1 atom stereocenters. The van der Waals surface area contributed by atoms with Crippen molar-refractivity contribution in [1.29, 1.82) is 0 Å². The largest absolute Gasteiger partial charge is 0.386 e. The van der Waals surface area contributed by atoms with Gasteiger partial charge in [0.05, 0.1) is 10.6 Å². The number of hydrogen-bond donors (Lipinski definition) is 1. The van der Waals surface area contributed by atoms with Crippen LogP contribution in [0, 0.1) is 10.1 Å². The first-order valence-electron chi connectivity index (χ1n) is 4.82. The van der Waals surface area contributed by atoms with Crippen molar-refractivity contribution in [2.75, 3.05) is 18.5 Å². The minimum Gasteiger partial charge on any atom is -0.376 e. The molecule has 1 saturated heterocycles. The number of aromatic nitrogens is 1. The van der Waals surface area contributed by atoms with Gasteiger partial charge in [-0.2, -0.15) is 0 Å². The van der Waals surface area contributed by atoms with Crippen molar-refractivity contribution in [3.8, 4) is 0 Å². The zero-order valence-electron chi connectivity index (χ0n) is 8.35. The maximum atomic E-state index is 10.7. The molecule has 0 spiro atoms. The summed E-state index contributed by atoms with van der Waals surface area (Å²) in [5.74, 6) is -0.164. The zero-order chi connectivity index (χ0) is 11.5. The molecule has 1 unspecified atom stereocenters. The highest BCUT2D eigenvalue weighted by atomic mass is 79.9. The van der Waals surface area contributed by atoms with E-state index in [2.05, 4.69) is 26.2 Å². The fraction of sp³-hybridized carbons (Fsp3) is 0.444. The van der Waals surface area contributed by atoms with Crippen molar-refractivity contribution < 1.29 is 9.66 Å². The molecule has 6 nitrogen and oxygen atoms in total. The van der Waals surface area contributed by atoms with Gasteiger partial charge in [-0.1, -0.05) is 0 Å². The van der Waals surface area contributed by atoms with Crippen LogP contribution in [0.25, 0.3) is 0 Å². The van der Waals surface area contributed by atoms with Gasteiger partial charge in [0.25, 0.3) is 0 Å². The van der Waals surface area contributed by atoms with Crippen molar-refractivity contribution in [1.82, 2.24) is 4.98 Å². The molecule has 1 aliphatic rings. The Morgan fingerprint density at radius 3 is 3.06 bits per heavy atom. The number of nitrogens with one attached hydrogen (secondary N) is 1. The molecule has 1 aliphatic heterocycles. The van der Waals surface area contributed by atoms with Crippen LogP contribution in [-0.2, 0) is 4.74 Å². The number of hydrogen-bond acceptors (Lipinski definition) is 5. The Labute approximate surface area is 100 Å². The Hall–Kier alpha value is -1.21. The van der Waals surface area contributed by atoms with Gasteiger partial charge in [-0.25, -0.2) is 0 Å². The summed E-state index contributed by atoms with van der Waals surface area (Å²) in [6.07, 6.45) is 2.55. The number of halogens is 1. The highest BCUT2D eigenvalue weighted by Gasteiger charge is 2.21. The molecule has 2 rings (SSSR count). The molecule has 1 N–H and O–H groups in total. The van der Waals surface area contributed by atoms with E-state index in [0.717, 1.165) is 13.0 Å². The molecule has 0 aromatic carbocycles. The lowest BCUT2D eigenvalue weighted by atomic mass is 10.2. The van der Waals surface area contributed by atoms with E-state index in [9.17, 15) is 10.1 Å². The van der Waals surface area contributed by atoms with Crippen molar-refractivity contribution in [2.45, 2.75) is 12.5 Å². The average molecular weight is 288 g/mol. The van der Waals surface area contributed by atoms with E-state index in [0.29, 0.717) is 16.7 Å². The van der Waals surface area contributed by atoms with Crippen LogP contribution in [0.3, 0.4) is 0 Å². The molecule has 16 heavy (non-hydrogen) atoms. The molecule has 7 heteroatoms.